The van der Waals surface area contributed by atoms with Crippen molar-refractivity contribution in [3.63, 3.8) is 0 Å². The molecule has 0 fully saturated rings. The van der Waals surface area contributed by atoms with Gasteiger partial charge in [-0.2, -0.15) is 4.98 Å². The highest BCUT2D eigenvalue weighted by Gasteiger charge is 2.17. The number of rotatable bonds is 4. The fraction of sp³-hybridized carbons (Fsp3) is 0.130. The van der Waals surface area contributed by atoms with E-state index in [4.69, 9.17) is 4.52 Å². The third-order valence-corrected chi connectivity index (χ3v) is 6.41. The summed E-state index contributed by atoms with van der Waals surface area (Å²) in [6.07, 6.45) is 1.49. The molecule has 0 bridgehead atoms. The first kappa shape index (κ1) is 19.3. The molecule has 0 saturated heterocycles. The van der Waals surface area contributed by atoms with Crippen LogP contribution in [0.25, 0.3) is 32.0 Å². The maximum Gasteiger partial charge on any atom is 0.262 e. The van der Waals surface area contributed by atoms with Crippen molar-refractivity contribution >= 4 is 21.6 Å². The molecule has 5 rings (SSSR count). The van der Waals surface area contributed by atoms with Gasteiger partial charge < -0.3 is 4.52 Å². The number of halogens is 1. The van der Waals surface area contributed by atoms with Gasteiger partial charge in [0.25, 0.3) is 5.56 Å². The minimum absolute atomic E-state index is 0.0824. The lowest BCUT2D eigenvalue weighted by Gasteiger charge is -2.02. The van der Waals surface area contributed by atoms with E-state index in [1.54, 1.807) is 19.1 Å². The van der Waals surface area contributed by atoms with Gasteiger partial charge in [-0.15, -0.1) is 11.3 Å². The first-order valence-corrected chi connectivity index (χ1v) is 10.5. The van der Waals surface area contributed by atoms with Crippen molar-refractivity contribution in [1.82, 2.24) is 19.7 Å². The van der Waals surface area contributed by atoms with Crippen LogP contribution in [0.1, 0.15) is 17.0 Å². The molecule has 2 aromatic carbocycles. The molecule has 6 nitrogen and oxygen atoms in total. The fourth-order valence-electron chi connectivity index (χ4n) is 3.45. The third kappa shape index (κ3) is 3.44. The zero-order chi connectivity index (χ0) is 21.5. The quantitative estimate of drug-likeness (QED) is 0.400. The summed E-state index contributed by atoms with van der Waals surface area (Å²) in [5.74, 6) is 0.182. The van der Waals surface area contributed by atoms with E-state index < -0.39 is 0 Å². The molecule has 3 heterocycles. The van der Waals surface area contributed by atoms with E-state index in [9.17, 15) is 9.18 Å². The Morgan fingerprint density at radius 1 is 1.10 bits per heavy atom. The zero-order valence-electron chi connectivity index (χ0n) is 16.8. The Kier molecular flexibility index (Phi) is 4.71. The van der Waals surface area contributed by atoms with Gasteiger partial charge in [0.15, 0.2) is 0 Å². The Hall–Kier alpha value is -3.65. The van der Waals surface area contributed by atoms with Gasteiger partial charge in [-0.05, 0) is 36.6 Å². The van der Waals surface area contributed by atoms with Crippen LogP contribution in [0.5, 0.6) is 0 Å². The van der Waals surface area contributed by atoms with Gasteiger partial charge in [0.2, 0.25) is 11.7 Å². The summed E-state index contributed by atoms with van der Waals surface area (Å²) in [7, 11) is 0. The summed E-state index contributed by atoms with van der Waals surface area (Å²) in [6.45, 7) is 3.70. The number of aromatic nitrogens is 4. The molecule has 0 amide bonds. The van der Waals surface area contributed by atoms with Crippen LogP contribution in [-0.4, -0.2) is 19.7 Å². The lowest BCUT2D eigenvalue weighted by Crippen LogP contribution is -2.21. The van der Waals surface area contributed by atoms with Gasteiger partial charge >= 0.3 is 0 Å². The molecule has 8 heteroatoms. The number of hydrogen-bond acceptors (Lipinski definition) is 6. The summed E-state index contributed by atoms with van der Waals surface area (Å²) in [6, 6.07) is 14.7. The second-order valence-electron chi connectivity index (χ2n) is 7.26. The van der Waals surface area contributed by atoms with Crippen LogP contribution < -0.4 is 5.56 Å². The largest absolute Gasteiger partial charge is 0.337 e. The molecule has 31 heavy (non-hydrogen) atoms. The first-order chi connectivity index (χ1) is 15.0. The van der Waals surface area contributed by atoms with Gasteiger partial charge in [-0.1, -0.05) is 47.6 Å². The predicted molar refractivity (Wildman–Crippen MR) is 118 cm³/mol. The maximum atomic E-state index is 13.8. The van der Waals surface area contributed by atoms with E-state index in [1.807, 2.05) is 37.3 Å². The molecule has 0 radical (unpaired) electrons. The van der Waals surface area contributed by atoms with Crippen molar-refractivity contribution < 1.29 is 8.91 Å². The Labute approximate surface area is 180 Å². The van der Waals surface area contributed by atoms with Gasteiger partial charge in [-0.3, -0.25) is 9.36 Å². The number of benzene rings is 2. The van der Waals surface area contributed by atoms with Crippen LogP contribution in [-0.2, 0) is 6.54 Å². The minimum atomic E-state index is -0.336. The molecular weight excluding hydrogens is 415 g/mol. The van der Waals surface area contributed by atoms with Crippen molar-refractivity contribution in [2.45, 2.75) is 20.4 Å². The van der Waals surface area contributed by atoms with Crippen LogP contribution in [0.3, 0.4) is 0 Å². The van der Waals surface area contributed by atoms with Crippen molar-refractivity contribution in [1.29, 1.82) is 0 Å². The molecule has 0 aliphatic carbocycles. The molecule has 0 aliphatic heterocycles. The van der Waals surface area contributed by atoms with E-state index in [0.717, 1.165) is 16.0 Å². The van der Waals surface area contributed by atoms with E-state index in [1.165, 1.54) is 28.3 Å². The van der Waals surface area contributed by atoms with Crippen LogP contribution in [0.2, 0.25) is 0 Å². The first-order valence-electron chi connectivity index (χ1n) is 9.64. The number of hydrogen-bond donors (Lipinski definition) is 0. The summed E-state index contributed by atoms with van der Waals surface area (Å²) < 4.78 is 20.6. The second kappa shape index (κ2) is 7.55. The maximum absolute atomic E-state index is 13.8. The van der Waals surface area contributed by atoms with Gasteiger partial charge in [-0.25, -0.2) is 9.37 Å². The molecule has 0 saturated carbocycles. The average molecular weight is 432 g/mol. The Balaban J connectivity index is 1.50. The Bertz CT molecular complexity index is 1470. The number of aryl methyl sites for hydroxylation is 2. The highest BCUT2D eigenvalue weighted by Crippen LogP contribution is 2.35. The minimum Gasteiger partial charge on any atom is -0.337 e. The lowest BCUT2D eigenvalue weighted by molar-refractivity contribution is 0.369. The fourth-order valence-corrected chi connectivity index (χ4v) is 4.60. The zero-order valence-corrected chi connectivity index (χ0v) is 17.6. The molecule has 5 aromatic rings. The second-order valence-corrected chi connectivity index (χ2v) is 8.25. The Morgan fingerprint density at radius 2 is 1.90 bits per heavy atom. The molecule has 0 atom stereocenters. The van der Waals surface area contributed by atoms with Crippen LogP contribution in [0, 0.1) is 19.7 Å². The molecule has 3 aromatic heterocycles. The summed E-state index contributed by atoms with van der Waals surface area (Å²) in [5.41, 5.74) is 2.85. The van der Waals surface area contributed by atoms with E-state index in [-0.39, 0.29) is 29.6 Å². The third-order valence-electron chi connectivity index (χ3n) is 5.16. The van der Waals surface area contributed by atoms with E-state index in [2.05, 4.69) is 15.1 Å². The monoisotopic (exact) mass is 432 g/mol. The van der Waals surface area contributed by atoms with Crippen molar-refractivity contribution in [3.05, 3.63) is 88.0 Å². The lowest BCUT2D eigenvalue weighted by atomic mass is 10.1. The smallest absolute Gasteiger partial charge is 0.262 e. The number of thiophene rings is 1. The van der Waals surface area contributed by atoms with E-state index in [0.29, 0.717) is 21.3 Å². The number of fused-ring (bicyclic) bond motifs is 1. The molecule has 0 aliphatic rings. The molecule has 0 spiro atoms. The van der Waals surface area contributed by atoms with Crippen LogP contribution in [0.4, 0.5) is 4.39 Å². The number of nitrogens with zero attached hydrogens (tertiary/aromatic N) is 4. The highest BCUT2D eigenvalue weighted by atomic mass is 32.1. The standard InChI is InChI=1S/C23H17FN4O2S/c1-13-8-9-16(10-17(13)24)21-26-18(30-27-21)11-28-12-25-22-19(23(28)29)14(2)20(31-22)15-6-4-3-5-7-15/h3-10,12H,11H2,1-2H3. The van der Waals surface area contributed by atoms with Crippen molar-refractivity contribution in [2.24, 2.45) is 0 Å². The normalized spacial score (nSPS) is 11.3. The van der Waals surface area contributed by atoms with Crippen LogP contribution in [0.15, 0.2) is 64.2 Å². The molecule has 0 unspecified atom stereocenters. The van der Waals surface area contributed by atoms with E-state index >= 15 is 0 Å². The topological polar surface area (TPSA) is 73.8 Å². The molecular formula is C23H17FN4O2S. The van der Waals surface area contributed by atoms with Gasteiger partial charge in [0.1, 0.15) is 17.2 Å². The average Bonchev–Trinajstić information content (AvgIpc) is 3.38. The summed E-state index contributed by atoms with van der Waals surface area (Å²) in [5, 5.41) is 4.51. The van der Waals surface area contributed by atoms with Crippen molar-refractivity contribution in [2.75, 3.05) is 0 Å². The molecule has 154 valence electrons. The van der Waals surface area contributed by atoms with Gasteiger partial charge in [0.05, 0.1) is 11.7 Å². The SMILES string of the molecule is Cc1ccc(-c2noc(Cn3cnc4sc(-c5ccccc5)c(C)c4c3=O)n2)cc1F. The predicted octanol–water partition coefficient (Wildman–Crippen LogP) is 4.98. The van der Waals surface area contributed by atoms with Gasteiger partial charge in [0, 0.05) is 10.4 Å². The summed E-state index contributed by atoms with van der Waals surface area (Å²) >= 11 is 1.50. The Morgan fingerprint density at radius 3 is 2.68 bits per heavy atom. The van der Waals surface area contributed by atoms with Crippen molar-refractivity contribution in [3.8, 4) is 21.8 Å². The highest BCUT2D eigenvalue weighted by molar-refractivity contribution is 7.22. The summed E-state index contributed by atoms with van der Waals surface area (Å²) in [4.78, 5) is 23.7. The molecule has 0 N–H and O–H groups in total. The van der Waals surface area contributed by atoms with Crippen LogP contribution >= 0.6 is 11.3 Å².